The maximum atomic E-state index is 9.69. The van der Waals surface area contributed by atoms with Crippen molar-refractivity contribution in [3.63, 3.8) is 0 Å². The number of nitrogens with zero attached hydrogens (tertiary/aromatic N) is 1. The van der Waals surface area contributed by atoms with E-state index in [1.165, 1.54) is 45.3 Å². The van der Waals surface area contributed by atoms with Crippen LogP contribution in [-0.2, 0) is 0 Å². The number of hydrogen-bond acceptors (Lipinski definition) is 3. The van der Waals surface area contributed by atoms with Gasteiger partial charge in [0, 0.05) is 26.2 Å². The average Bonchev–Trinajstić information content (AvgIpc) is 2.33. The molecular formula is C13H28N2O. The van der Waals surface area contributed by atoms with Crippen molar-refractivity contribution in [3.8, 4) is 0 Å². The largest absolute Gasteiger partial charge is 0.393 e. The van der Waals surface area contributed by atoms with Crippen LogP contribution in [0.15, 0.2) is 0 Å². The van der Waals surface area contributed by atoms with E-state index in [0.717, 1.165) is 25.9 Å². The van der Waals surface area contributed by atoms with Gasteiger partial charge in [-0.3, -0.25) is 0 Å². The summed E-state index contributed by atoms with van der Waals surface area (Å²) in [5, 5.41) is 13.1. The smallest absolute Gasteiger partial charge is 0.0540 e. The van der Waals surface area contributed by atoms with E-state index in [-0.39, 0.29) is 6.10 Å². The molecule has 1 rings (SSSR count). The Hall–Kier alpha value is -0.120. The molecule has 1 heterocycles. The Morgan fingerprint density at radius 1 is 1.12 bits per heavy atom. The van der Waals surface area contributed by atoms with Gasteiger partial charge in [-0.2, -0.15) is 0 Å². The van der Waals surface area contributed by atoms with Gasteiger partial charge in [-0.1, -0.05) is 19.8 Å². The van der Waals surface area contributed by atoms with Gasteiger partial charge in [0.25, 0.3) is 0 Å². The molecular weight excluding hydrogens is 200 g/mol. The Kier molecular flexibility index (Phi) is 7.81. The Bertz CT molecular complexity index is 158. The van der Waals surface area contributed by atoms with E-state index in [1.807, 2.05) is 0 Å². The van der Waals surface area contributed by atoms with Crippen molar-refractivity contribution in [2.75, 3.05) is 32.7 Å². The minimum absolute atomic E-state index is 0.0528. The Labute approximate surface area is 100 Å². The molecule has 0 aliphatic carbocycles. The summed E-state index contributed by atoms with van der Waals surface area (Å²) in [4.78, 5) is 2.52. The molecule has 1 fully saturated rings. The number of nitrogens with one attached hydrogen (secondary N) is 1. The molecule has 0 unspecified atom stereocenters. The summed E-state index contributed by atoms with van der Waals surface area (Å²) >= 11 is 0. The van der Waals surface area contributed by atoms with E-state index in [1.54, 1.807) is 0 Å². The van der Waals surface area contributed by atoms with Crippen molar-refractivity contribution in [3.05, 3.63) is 0 Å². The number of hydrogen-bond donors (Lipinski definition) is 2. The van der Waals surface area contributed by atoms with Crippen molar-refractivity contribution in [2.45, 2.75) is 51.6 Å². The van der Waals surface area contributed by atoms with E-state index in [9.17, 15) is 5.11 Å². The first-order chi connectivity index (χ1) is 7.83. The molecule has 0 saturated carbocycles. The highest BCUT2D eigenvalue weighted by Gasteiger charge is 2.09. The van der Waals surface area contributed by atoms with Crippen LogP contribution >= 0.6 is 0 Å². The molecule has 0 amide bonds. The van der Waals surface area contributed by atoms with Crippen molar-refractivity contribution in [2.24, 2.45) is 0 Å². The lowest BCUT2D eigenvalue weighted by atomic mass is 10.1. The summed E-state index contributed by atoms with van der Waals surface area (Å²) in [6.45, 7) is 8.05. The SMILES string of the molecule is CCCC[C@H](O)CCCCN1CCNCC1. The van der Waals surface area contributed by atoms with Crippen molar-refractivity contribution >= 4 is 0 Å². The third-order valence-electron chi connectivity index (χ3n) is 3.36. The molecule has 3 heteroatoms. The normalized spacial score (nSPS) is 19.9. The van der Waals surface area contributed by atoms with Gasteiger partial charge in [-0.25, -0.2) is 0 Å². The minimum Gasteiger partial charge on any atom is -0.393 e. The van der Waals surface area contributed by atoms with Gasteiger partial charge < -0.3 is 15.3 Å². The molecule has 1 aliphatic heterocycles. The average molecular weight is 228 g/mol. The van der Waals surface area contributed by atoms with Crippen LogP contribution in [0.3, 0.4) is 0 Å². The molecule has 0 spiro atoms. The zero-order valence-electron chi connectivity index (χ0n) is 10.7. The highest BCUT2D eigenvalue weighted by molar-refractivity contribution is 4.67. The van der Waals surface area contributed by atoms with Crippen LogP contribution in [0.25, 0.3) is 0 Å². The molecule has 96 valence electrons. The van der Waals surface area contributed by atoms with Gasteiger partial charge in [0.1, 0.15) is 0 Å². The van der Waals surface area contributed by atoms with Gasteiger partial charge in [0.15, 0.2) is 0 Å². The lowest BCUT2D eigenvalue weighted by Crippen LogP contribution is -2.43. The fourth-order valence-corrected chi connectivity index (χ4v) is 2.23. The second-order valence-corrected chi connectivity index (χ2v) is 4.88. The van der Waals surface area contributed by atoms with Crippen molar-refractivity contribution in [1.29, 1.82) is 0 Å². The van der Waals surface area contributed by atoms with Crippen LogP contribution in [0, 0.1) is 0 Å². The maximum Gasteiger partial charge on any atom is 0.0540 e. The van der Waals surface area contributed by atoms with Gasteiger partial charge in [-0.15, -0.1) is 0 Å². The predicted molar refractivity (Wildman–Crippen MR) is 68.7 cm³/mol. The van der Waals surface area contributed by atoms with Crippen LogP contribution in [0.1, 0.15) is 45.4 Å². The summed E-state index contributed by atoms with van der Waals surface area (Å²) in [6.07, 6.45) is 6.70. The second kappa shape index (κ2) is 8.97. The monoisotopic (exact) mass is 228 g/mol. The summed E-state index contributed by atoms with van der Waals surface area (Å²) in [7, 11) is 0. The first kappa shape index (κ1) is 13.9. The van der Waals surface area contributed by atoms with Gasteiger partial charge in [0.2, 0.25) is 0 Å². The standard InChI is InChI=1S/C13H28N2O/c1-2-3-6-13(16)7-4-5-10-15-11-8-14-9-12-15/h13-14,16H,2-12H2,1H3/t13-/m0/s1. The van der Waals surface area contributed by atoms with Crippen LogP contribution in [0.2, 0.25) is 0 Å². The Morgan fingerprint density at radius 2 is 1.81 bits per heavy atom. The topological polar surface area (TPSA) is 35.5 Å². The van der Waals surface area contributed by atoms with Crippen LogP contribution < -0.4 is 5.32 Å². The molecule has 1 aliphatic rings. The molecule has 0 aromatic rings. The number of piperazine rings is 1. The molecule has 1 atom stereocenters. The van der Waals surface area contributed by atoms with Crippen LogP contribution in [0.4, 0.5) is 0 Å². The van der Waals surface area contributed by atoms with Gasteiger partial charge in [0.05, 0.1) is 6.10 Å². The zero-order valence-corrected chi connectivity index (χ0v) is 10.7. The molecule has 1 saturated heterocycles. The third kappa shape index (κ3) is 6.46. The van der Waals surface area contributed by atoms with Crippen molar-refractivity contribution in [1.82, 2.24) is 10.2 Å². The highest BCUT2D eigenvalue weighted by atomic mass is 16.3. The molecule has 0 aromatic heterocycles. The van der Waals surface area contributed by atoms with E-state index < -0.39 is 0 Å². The van der Waals surface area contributed by atoms with Crippen LogP contribution in [0.5, 0.6) is 0 Å². The van der Waals surface area contributed by atoms with Crippen molar-refractivity contribution < 1.29 is 5.11 Å². The summed E-state index contributed by atoms with van der Waals surface area (Å²) in [6, 6.07) is 0. The summed E-state index contributed by atoms with van der Waals surface area (Å²) in [5.41, 5.74) is 0. The van der Waals surface area contributed by atoms with E-state index in [2.05, 4.69) is 17.1 Å². The van der Waals surface area contributed by atoms with E-state index in [4.69, 9.17) is 0 Å². The highest BCUT2D eigenvalue weighted by Crippen LogP contribution is 2.09. The van der Waals surface area contributed by atoms with Gasteiger partial charge in [-0.05, 0) is 32.2 Å². The van der Waals surface area contributed by atoms with E-state index in [0.29, 0.717) is 0 Å². The lowest BCUT2D eigenvalue weighted by Gasteiger charge is -2.27. The van der Waals surface area contributed by atoms with Gasteiger partial charge >= 0.3 is 0 Å². The molecule has 16 heavy (non-hydrogen) atoms. The first-order valence-corrected chi connectivity index (χ1v) is 6.94. The molecule has 2 N–H and O–H groups in total. The van der Waals surface area contributed by atoms with E-state index >= 15 is 0 Å². The third-order valence-corrected chi connectivity index (χ3v) is 3.36. The Balaban J connectivity index is 1.90. The summed E-state index contributed by atoms with van der Waals surface area (Å²) in [5.74, 6) is 0. The molecule has 3 nitrogen and oxygen atoms in total. The number of aliphatic hydroxyl groups excluding tert-OH is 1. The molecule has 0 aromatic carbocycles. The number of rotatable bonds is 8. The summed E-state index contributed by atoms with van der Waals surface area (Å²) < 4.78 is 0. The first-order valence-electron chi connectivity index (χ1n) is 6.94. The lowest BCUT2D eigenvalue weighted by molar-refractivity contribution is 0.145. The molecule has 0 bridgehead atoms. The number of unbranched alkanes of at least 4 members (excludes halogenated alkanes) is 2. The fourth-order valence-electron chi connectivity index (χ4n) is 2.23. The second-order valence-electron chi connectivity index (χ2n) is 4.88. The minimum atomic E-state index is -0.0528. The Morgan fingerprint density at radius 3 is 2.50 bits per heavy atom. The predicted octanol–water partition coefficient (Wildman–Crippen LogP) is 1.61. The maximum absolute atomic E-state index is 9.69. The quantitative estimate of drug-likeness (QED) is 0.620. The van der Waals surface area contributed by atoms with Crippen LogP contribution in [-0.4, -0.2) is 48.8 Å². The fraction of sp³-hybridized carbons (Fsp3) is 1.00. The zero-order chi connectivity index (χ0) is 11.6. The molecule has 0 radical (unpaired) electrons. The number of aliphatic hydroxyl groups is 1.